The Morgan fingerprint density at radius 3 is 1.40 bits per heavy atom. The molecular weight excluding hydrogens is 328 g/mol. The van der Waals surface area contributed by atoms with Crippen LogP contribution in [-0.4, -0.2) is 48.8 Å². The molecule has 0 fully saturated rings. The number of ether oxygens (including phenoxy) is 3. The third-order valence-electron chi connectivity index (χ3n) is 3.52. The number of nitrogens with zero attached hydrogens (tertiary/aromatic N) is 4. The van der Waals surface area contributed by atoms with Gasteiger partial charge in [-0.1, -0.05) is 0 Å². The largest absolute Gasteiger partial charge is 0.820 e. The van der Waals surface area contributed by atoms with Crippen molar-refractivity contribution in [2.45, 2.75) is 26.6 Å². The van der Waals surface area contributed by atoms with Gasteiger partial charge in [0.25, 0.3) is 0 Å². The lowest BCUT2D eigenvalue weighted by Gasteiger charge is -2.06. The summed E-state index contributed by atoms with van der Waals surface area (Å²) in [6.45, 7) is 4.14. The van der Waals surface area contributed by atoms with E-state index < -0.39 is 0 Å². The summed E-state index contributed by atoms with van der Waals surface area (Å²) < 4.78 is 23.3. The van der Waals surface area contributed by atoms with Crippen LogP contribution in [0.5, 0.6) is 0 Å². The number of hydrogen-bond donors (Lipinski definition) is 0. The Morgan fingerprint density at radius 2 is 1.04 bits per heavy atom. The molecule has 0 aliphatic heterocycles. The van der Waals surface area contributed by atoms with Crippen LogP contribution < -0.4 is 19.3 Å². The zero-order valence-corrected chi connectivity index (χ0v) is 14.4. The molecule has 0 saturated carbocycles. The third-order valence-corrected chi connectivity index (χ3v) is 3.52. The Morgan fingerprint density at radius 1 is 0.640 bits per heavy atom. The van der Waals surface area contributed by atoms with Crippen LogP contribution in [0.25, 0.3) is 0 Å². The molecular formula is C16H26N4O5. The quantitative estimate of drug-likeness (QED) is 0.271. The predicted octanol–water partition coefficient (Wildman–Crippen LogP) is -2.75. The maximum atomic E-state index is 10.7. The van der Waals surface area contributed by atoms with Gasteiger partial charge in [0.15, 0.2) is 0 Å². The zero-order valence-electron chi connectivity index (χ0n) is 14.4. The van der Waals surface area contributed by atoms with Gasteiger partial charge in [0.2, 0.25) is 12.7 Å². The van der Waals surface area contributed by atoms with Crippen LogP contribution in [0.2, 0.25) is 0 Å². The SMILES string of the molecule is [O-]C[n+]1ccn(CCOCCOCCOCCn2cc[n+](C[O-])c2)c1. The smallest absolute Gasteiger partial charge is 0.242 e. The van der Waals surface area contributed by atoms with E-state index in [1.165, 1.54) is 0 Å². The van der Waals surface area contributed by atoms with Crippen LogP contribution in [-0.2, 0) is 40.8 Å². The zero-order chi connectivity index (χ0) is 17.7. The van der Waals surface area contributed by atoms with Gasteiger partial charge < -0.3 is 24.4 Å². The second kappa shape index (κ2) is 11.7. The van der Waals surface area contributed by atoms with Crippen molar-refractivity contribution in [1.29, 1.82) is 0 Å². The van der Waals surface area contributed by atoms with E-state index in [2.05, 4.69) is 0 Å². The topological polar surface area (TPSA) is 91.4 Å². The molecule has 9 nitrogen and oxygen atoms in total. The lowest BCUT2D eigenvalue weighted by molar-refractivity contribution is -0.815. The molecule has 25 heavy (non-hydrogen) atoms. The molecule has 2 heterocycles. The van der Waals surface area contributed by atoms with E-state index in [1.54, 1.807) is 34.2 Å². The Kier molecular flexibility index (Phi) is 9.16. The first-order valence-electron chi connectivity index (χ1n) is 8.31. The van der Waals surface area contributed by atoms with Crippen LogP contribution in [0.3, 0.4) is 0 Å². The van der Waals surface area contributed by atoms with Crippen molar-refractivity contribution < 1.29 is 33.6 Å². The lowest BCUT2D eigenvalue weighted by atomic mass is 10.6. The summed E-state index contributed by atoms with van der Waals surface area (Å²) in [4.78, 5) is 0. The molecule has 140 valence electrons. The number of rotatable bonds is 14. The van der Waals surface area contributed by atoms with Gasteiger partial charge in [-0.2, -0.15) is 0 Å². The highest BCUT2D eigenvalue weighted by Crippen LogP contribution is 1.88. The molecule has 9 heteroatoms. The second-order valence-corrected chi connectivity index (χ2v) is 5.43. The van der Waals surface area contributed by atoms with E-state index in [0.717, 1.165) is 0 Å². The molecule has 2 aromatic rings. The fraction of sp³-hybridized carbons (Fsp3) is 0.625. The van der Waals surface area contributed by atoms with Crippen molar-refractivity contribution >= 4 is 0 Å². The molecule has 0 bridgehead atoms. The van der Waals surface area contributed by atoms with Gasteiger partial charge in [0.05, 0.1) is 39.6 Å². The Hall–Kier alpha value is -1.78. The van der Waals surface area contributed by atoms with Crippen molar-refractivity contribution in [2.24, 2.45) is 0 Å². The first kappa shape index (κ1) is 19.5. The van der Waals surface area contributed by atoms with E-state index in [-0.39, 0.29) is 13.5 Å². The highest BCUT2D eigenvalue weighted by atomic mass is 16.5. The minimum Gasteiger partial charge on any atom is -0.820 e. The summed E-state index contributed by atoms with van der Waals surface area (Å²) in [5, 5.41) is 21.3. The van der Waals surface area contributed by atoms with Crippen LogP contribution in [0.1, 0.15) is 0 Å². The first-order valence-corrected chi connectivity index (χ1v) is 8.31. The second-order valence-electron chi connectivity index (χ2n) is 5.43. The standard InChI is InChI=1S/C16H26N4O5/c21-15-19-3-1-17(13-19)5-7-23-9-11-25-12-10-24-8-6-18-2-4-20(14-18)16-22/h1-4,13-14H,5-12,15-16H2. The van der Waals surface area contributed by atoms with Crippen molar-refractivity contribution in [1.82, 2.24) is 9.13 Å². The van der Waals surface area contributed by atoms with Gasteiger partial charge in [-0.15, -0.1) is 0 Å². The number of hydrogen-bond acceptors (Lipinski definition) is 5. The van der Waals surface area contributed by atoms with Crippen LogP contribution in [0.4, 0.5) is 0 Å². The molecule has 0 radical (unpaired) electrons. The molecule has 0 spiro atoms. The minimum atomic E-state index is -0.269. The van der Waals surface area contributed by atoms with Gasteiger partial charge >= 0.3 is 0 Å². The van der Waals surface area contributed by atoms with Crippen molar-refractivity contribution in [3.05, 3.63) is 37.4 Å². The van der Waals surface area contributed by atoms with Gasteiger partial charge in [0, 0.05) is 13.5 Å². The molecule has 0 aromatic carbocycles. The molecule has 0 atom stereocenters. The summed E-state index contributed by atoms with van der Waals surface area (Å²) in [6.07, 6.45) is 10.7. The van der Waals surface area contributed by atoms with Crippen molar-refractivity contribution in [3.63, 3.8) is 0 Å². The summed E-state index contributed by atoms with van der Waals surface area (Å²) in [5.74, 6) is 0. The average Bonchev–Trinajstić information content (AvgIpc) is 3.28. The van der Waals surface area contributed by atoms with E-state index in [9.17, 15) is 10.2 Å². The van der Waals surface area contributed by atoms with E-state index in [0.29, 0.717) is 52.7 Å². The molecule has 0 N–H and O–H groups in total. The fourth-order valence-corrected chi connectivity index (χ4v) is 2.18. The van der Waals surface area contributed by atoms with Crippen molar-refractivity contribution in [3.8, 4) is 0 Å². The predicted molar refractivity (Wildman–Crippen MR) is 81.7 cm³/mol. The lowest BCUT2D eigenvalue weighted by Crippen LogP contribution is -2.38. The van der Waals surface area contributed by atoms with Crippen molar-refractivity contribution in [2.75, 3.05) is 39.6 Å². The number of imidazole rings is 2. The van der Waals surface area contributed by atoms with Gasteiger partial charge in [0.1, 0.15) is 37.9 Å². The normalized spacial score (nSPS) is 11.3. The first-order chi connectivity index (χ1) is 12.3. The van der Waals surface area contributed by atoms with Crippen LogP contribution in [0, 0.1) is 0 Å². The summed E-state index contributed by atoms with van der Waals surface area (Å²) in [6, 6.07) is 0. The Labute approximate surface area is 147 Å². The molecule has 0 unspecified atom stereocenters. The van der Waals surface area contributed by atoms with Crippen LogP contribution >= 0.6 is 0 Å². The average molecular weight is 354 g/mol. The van der Waals surface area contributed by atoms with Gasteiger partial charge in [-0.05, 0) is 0 Å². The van der Waals surface area contributed by atoms with Gasteiger partial charge in [-0.25, -0.2) is 9.13 Å². The van der Waals surface area contributed by atoms with E-state index in [1.807, 2.05) is 21.5 Å². The molecule has 2 aromatic heterocycles. The Bertz CT molecular complexity index is 536. The minimum absolute atomic E-state index is 0.269. The molecule has 0 aliphatic carbocycles. The van der Waals surface area contributed by atoms with E-state index >= 15 is 0 Å². The maximum absolute atomic E-state index is 10.7. The van der Waals surface area contributed by atoms with E-state index in [4.69, 9.17) is 14.2 Å². The highest BCUT2D eigenvalue weighted by Gasteiger charge is 2.01. The maximum Gasteiger partial charge on any atom is 0.242 e. The van der Waals surface area contributed by atoms with Crippen LogP contribution in [0.15, 0.2) is 37.4 Å². The number of aromatic nitrogens is 4. The summed E-state index contributed by atoms with van der Waals surface area (Å²) in [5.41, 5.74) is 0. The molecule has 0 aliphatic rings. The molecule has 0 amide bonds. The van der Waals surface area contributed by atoms with Gasteiger partial charge in [-0.3, -0.25) is 9.13 Å². The fourth-order valence-electron chi connectivity index (χ4n) is 2.18. The monoisotopic (exact) mass is 354 g/mol. The third kappa shape index (κ3) is 7.76. The summed E-state index contributed by atoms with van der Waals surface area (Å²) >= 11 is 0. The highest BCUT2D eigenvalue weighted by molar-refractivity contribution is 4.66. The Balaban J connectivity index is 1.36. The molecule has 0 saturated heterocycles. The summed E-state index contributed by atoms with van der Waals surface area (Å²) in [7, 11) is 0. The molecule has 2 rings (SSSR count).